The first-order chi connectivity index (χ1) is 15.3. The van der Waals surface area contributed by atoms with Crippen LogP contribution in [0.5, 0.6) is 0 Å². The topological polar surface area (TPSA) is 96.0 Å². The monoisotopic (exact) mass is 463 g/mol. The van der Waals surface area contributed by atoms with Crippen molar-refractivity contribution in [3.05, 3.63) is 54.3 Å². The summed E-state index contributed by atoms with van der Waals surface area (Å²) in [6.45, 7) is 0.911. The second kappa shape index (κ2) is 10.6. The number of ether oxygens (including phenoxy) is 1. The molecule has 0 saturated carbocycles. The fourth-order valence-corrected chi connectivity index (χ4v) is 4.47. The summed E-state index contributed by atoms with van der Waals surface area (Å²) in [6, 6.07) is 11.7. The molecular weight excluding hydrogens is 437 g/mol. The van der Waals surface area contributed by atoms with E-state index in [1.54, 1.807) is 12.1 Å². The van der Waals surface area contributed by atoms with Crippen molar-refractivity contribution in [2.45, 2.75) is 24.2 Å². The molecule has 1 saturated heterocycles. The normalized spacial score (nSPS) is 14.3. The van der Waals surface area contributed by atoms with E-state index in [4.69, 9.17) is 4.74 Å². The van der Waals surface area contributed by atoms with Gasteiger partial charge in [-0.3, -0.25) is 9.59 Å². The van der Waals surface area contributed by atoms with Gasteiger partial charge in [0, 0.05) is 31.5 Å². The number of esters is 1. The molecule has 2 aromatic rings. The molecule has 2 aromatic carbocycles. The standard InChI is InChI=1S/C22H26FN3O5S/c1-25(32(29,30)20-11-5-17(23)6-12-20)15-22(28)31-16-21(27)24-18-7-9-19(10-8-18)26-13-3-2-4-14-26/h5-12H,2-4,13-16H2,1H3,(H,24,27). The summed E-state index contributed by atoms with van der Waals surface area (Å²) in [5.74, 6) is -1.99. The van der Waals surface area contributed by atoms with Gasteiger partial charge in [0.2, 0.25) is 10.0 Å². The molecule has 1 heterocycles. The number of nitrogens with zero attached hydrogens (tertiary/aromatic N) is 2. The van der Waals surface area contributed by atoms with Crippen molar-refractivity contribution in [1.82, 2.24) is 4.31 Å². The Morgan fingerprint density at radius 3 is 2.28 bits per heavy atom. The number of carbonyl (C=O) groups excluding carboxylic acids is 2. The predicted molar refractivity (Wildman–Crippen MR) is 118 cm³/mol. The zero-order valence-electron chi connectivity index (χ0n) is 17.8. The number of carbonyl (C=O) groups is 2. The molecule has 0 unspecified atom stereocenters. The number of hydrogen-bond acceptors (Lipinski definition) is 6. The van der Waals surface area contributed by atoms with Crippen LogP contribution in [-0.2, 0) is 24.3 Å². The van der Waals surface area contributed by atoms with Crippen LogP contribution in [0.1, 0.15) is 19.3 Å². The number of anilines is 2. The van der Waals surface area contributed by atoms with Crippen LogP contribution in [-0.4, -0.2) is 57.9 Å². The quantitative estimate of drug-likeness (QED) is 0.605. The van der Waals surface area contributed by atoms with E-state index in [-0.39, 0.29) is 4.90 Å². The lowest BCUT2D eigenvalue weighted by atomic mass is 10.1. The van der Waals surface area contributed by atoms with Gasteiger partial charge in [-0.05, 0) is 67.8 Å². The highest BCUT2D eigenvalue weighted by molar-refractivity contribution is 7.89. The first kappa shape index (κ1) is 23.7. The van der Waals surface area contributed by atoms with E-state index in [0.717, 1.165) is 47.3 Å². The molecule has 1 N–H and O–H groups in total. The van der Waals surface area contributed by atoms with Crippen LogP contribution in [0.15, 0.2) is 53.4 Å². The van der Waals surface area contributed by atoms with Crippen LogP contribution in [0.3, 0.4) is 0 Å². The number of piperidine rings is 1. The van der Waals surface area contributed by atoms with Crippen molar-refractivity contribution >= 4 is 33.3 Å². The fourth-order valence-electron chi connectivity index (χ4n) is 3.35. The SMILES string of the molecule is CN(CC(=O)OCC(=O)Nc1ccc(N2CCCCC2)cc1)S(=O)(=O)c1ccc(F)cc1. The second-order valence-corrected chi connectivity index (χ2v) is 9.56. The summed E-state index contributed by atoms with van der Waals surface area (Å²) in [5.41, 5.74) is 1.67. The number of benzene rings is 2. The molecule has 3 rings (SSSR count). The van der Waals surface area contributed by atoms with E-state index in [9.17, 15) is 22.4 Å². The third kappa shape index (κ3) is 6.27. The van der Waals surface area contributed by atoms with Gasteiger partial charge in [-0.15, -0.1) is 0 Å². The van der Waals surface area contributed by atoms with Crippen LogP contribution < -0.4 is 10.2 Å². The maximum absolute atomic E-state index is 13.0. The number of hydrogen-bond donors (Lipinski definition) is 1. The van der Waals surface area contributed by atoms with Crippen molar-refractivity contribution in [2.75, 3.05) is 43.5 Å². The Morgan fingerprint density at radius 2 is 1.66 bits per heavy atom. The molecule has 0 radical (unpaired) electrons. The maximum atomic E-state index is 13.0. The Balaban J connectivity index is 1.46. The van der Waals surface area contributed by atoms with Crippen LogP contribution in [0.25, 0.3) is 0 Å². The van der Waals surface area contributed by atoms with E-state index < -0.39 is 40.9 Å². The van der Waals surface area contributed by atoms with Crippen molar-refractivity contribution < 1.29 is 27.1 Å². The summed E-state index contributed by atoms with van der Waals surface area (Å²) in [5, 5.41) is 2.64. The minimum atomic E-state index is -3.99. The number of rotatable bonds is 8. The van der Waals surface area contributed by atoms with Crippen LogP contribution in [0, 0.1) is 5.82 Å². The van der Waals surface area contributed by atoms with Crippen LogP contribution >= 0.6 is 0 Å². The fraction of sp³-hybridized carbons (Fsp3) is 0.364. The molecule has 1 amide bonds. The van der Waals surface area contributed by atoms with Crippen LogP contribution in [0.4, 0.5) is 15.8 Å². The minimum Gasteiger partial charge on any atom is -0.455 e. The van der Waals surface area contributed by atoms with E-state index >= 15 is 0 Å². The lowest BCUT2D eigenvalue weighted by Crippen LogP contribution is -2.34. The third-order valence-corrected chi connectivity index (χ3v) is 6.93. The Kier molecular flexibility index (Phi) is 7.81. The lowest BCUT2D eigenvalue weighted by molar-refractivity contribution is -0.147. The third-order valence-electron chi connectivity index (χ3n) is 5.11. The van der Waals surface area contributed by atoms with Gasteiger partial charge in [0.05, 0.1) is 4.90 Å². The first-order valence-electron chi connectivity index (χ1n) is 10.3. The van der Waals surface area contributed by atoms with E-state index in [1.807, 2.05) is 12.1 Å². The molecule has 0 aliphatic carbocycles. The highest BCUT2D eigenvalue weighted by Crippen LogP contribution is 2.21. The average molecular weight is 464 g/mol. The predicted octanol–water partition coefficient (Wildman–Crippen LogP) is 2.62. The molecule has 1 aliphatic rings. The lowest BCUT2D eigenvalue weighted by Gasteiger charge is -2.28. The summed E-state index contributed by atoms with van der Waals surface area (Å²) in [7, 11) is -2.79. The van der Waals surface area contributed by atoms with Gasteiger partial charge in [-0.25, -0.2) is 12.8 Å². The minimum absolute atomic E-state index is 0.153. The summed E-state index contributed by atoms with van der Waals surface area (Å²) < 4.78 is 43.5. The van der Waals surface area contributed by atoms with Crippen LogP contribution in [0.2, 0.25) is 0 Å². The molecule has 172 valence electrons. The van der Waals surface area contributed by atoms with Crippen molar-refractivity contribution in [1.29, 1.82) is 0 Å². The maximum Gasteiger partial charge on any atom is 0.321 e. The Hall–Kier alpha value is -2.98. The van der Waals surface area contributed by atoms with E-state index in [2.05, 4.69) is 10.2 Å². The highest BCUT2D eigenvalue weighted by Gasteiger charge is 2.24. The van der Waals surface area contributed by atoms with Crippen molar-refractivity contribution in [2.24, 2.45) is 0 Å². The van der Waals surface area contributed by atoms with Gasteiger partial charge < -0.3 is 15.0 Å². The molecule has 0 bridgehead atoms. The largest absolute Gasteiger partial charge is 0.455 e. The molecule has 32 heavy (non-hydrogen) atoms. The van der Waals surface area contributed by atoms with Gasteiger partial charge in [0.25, 0.3) is 5.91 Å². The molecule has 0 spiro atoms. The molecule has 0 atom stereocenters. The van der Waals surface area contributed by atoms with Gasteiger partial charge in [0.1, 0.15) is 12.4 Å². The number of likely N-dealkylation sites (N-methyl/N-ethyl adjacent to an activating group) is 1. The molecule has 10 heteroatoms. The molecule has 1 aliphatic heterocycles. The van der Waals surface area contributed by atoms with Crippen molar-refractivity contribution in [3.63, 3.8) is 0 Å². The summed E-state index contributed by atoms with van der Waals surface area (Å²) >= 11 is 0. The summed E-state index contributed by atoms with van der Waals surface area (Å²) in [6.07, 6.45) is 3.59. The van der Waals surface area contributed by atoms with Gasteiger partial charge in [0.15, 0.2) is 6.61 Å². The average Bonchev–Trinajstić information content (AvgIpc) is 2.79. The molecule has 8 nitrogen and oxygen atoms in total. The first-order valence-corrected chi connectivity index (χ1v) is 11.7. The molecule has 1 fully saturated rings. The number of nitrogens with one attached hydrogen (secondary N) is 1. The highest BCUT2D eigenvalue weighted by atomic mass is 32.2. The van der Waals surface area contributed by atoms with E-state index in [1.165, 1.54) is 26.3 Å². The number of halogens is 1. The van der Waals surface area contributed by atoms with Gasteiger partial charge >= 0.3 is 5.97 Å². The number of amides is 1. The smallest absolute Gasteiger partial charge is 0.321 e. The zero-order chi connectivity index (χ0) is 23.1. The second-order valence-electron chi connectivity index (χ2n) is 7.52. The number of sulfonamides is 1. The zero-order valence-corrected chi connectivity index (χ0v) is 18.6. The Labute approximate surface area is 187 Å². The van der Waals surface area contributed by atoms with Crippen molar-refractivity contribution in [3.8, 4) is 0 Å². The van der Waals surface area contributed by atoms with Gasteiger partial charge in [-0.2, -0.15) is 4.31 Å². The molecule has 0 aromatic heterocycles. The van der Waals surface area contributed by atoms with E-state index in [0.29, 0.717) is 5.69 Å². The van der Waals surface area contributed by atoms with Gasteiger partial charge in [-0.1, -0.05) is 0 Å². The summed E-state index contributed by atoms with van der Waals surface area (Å²) in [4.78, 5) is 26.2. The Morgan fingerprint density at radius 1 is 1.03 bits per heavy atom. The Bertz CT molecular complexity index is 1040. The molecular formula is C22H26FN3O5S.